The predicted molar refractivity (Wildman–Crippen MR) is 119 cm³/mol. The van der Waals surface area contributed by atoms with Crippen LogP contribution in [0.4, 0.5) is 5.69 Å². The van der Waals surface area contributed by atoms with E-state index < -0.39 is 22.0 Å². The molecule has 0 aliphatic carbocycles. The van der Waals surface area contributed by atoms with Gasteiger partial charge in [0.25, 0.3) is 0 Å². The number of aliphatic carboxylic acids is 2. The number of amides is 1. The number of hydrogen-bond acceptors (Lipinski definition) is 6. The summed E-state index contributed by atoms with van der Waals surface area (Å²) in [7, 11) is -0.630. The largest absolute Gasteiger partial charge is 0.473 e. The van der Waals surface area contributed by atoms with E-state index in [-0.39, 0.29) is 17.3 Å². The van der Waals surface area contributed by atoms with Gasteiger partial charge >= 0.3 is 11.9 Å². The number of carbonyl (C=O) groups excluding carboxylic acids is 1. The molecule has 4 N–H and O–H groups in total. The first-order valence-electron chi connectivity index (χ1n) is 9.09. The highest BCUT2D eigenvalue weighted by molar-refractivity contribution is 7.89. The molecule has 0 aromatic heterocycles. The molecule has 32 heavy (non-hydrogen) atoms. The fraction of sp³-hybridized carbons (Fsp3) is 0.250. The van der Waals surface area contributed by atoms with Gasteiger partial charge in [0.05, 0.1) is 11.4 Å². The number of aryl methyl sites for hydroxylation is 1. The topological polar surface area (TPSA) is 153 Å². The van der Waals surface area contributed by atoms with Crippen molar-refractivity contribution in [3.8, 4) is 0 Å². The fourth-order valence-electron chi connectivity index (χ4n) is 2.31. The van der Waals surface area contributed by atoms with E-state index in [1.165, 1.54) is 20.2 Å². The Labute approximate surface area is 190 Å². The van der Waals surface area contributed by atoms with Crippen LogP contribution in [0.15, 0.2) is 47.4 Å². The summed E-state index contributed by atoms with van der Waals surface area (Å²) in [6, 6.07) is 12.2. The van der Waals surface area contributed by atoms with Crippen LogP contribution in [0.25, 0.3) is 0 Å². The molecule has 174 valence electrons. The van der Waals surface area contributed by atoms with Crippen molar-refractivity contribution < 1.29 is 33.0 Å². The summed E-state index contributed by atoms with van der Waals surface area (Å²) >= 11 is 6.07. The monoisotopic (exact) mass is 485 g/mol. The normalized spacial score (nSPS) is 10.8. The van der Waals surface area contributed by atoms with Crippen LogP contribution in [0.2, 0.25) is 5.02 Å². The third-order valence-electron chi connectivity index (χ3n) is 3.97. The zero-order valence-corrected chi connectivity index (χ0v) is 19.2. The molecule has 12 heteroatoms. The van der Waals surface area contributed by atoms with Gasteiger partial charge in [0.15, 0.2) is 0 Å². The number of benzene rings is 2. The molecule has 0 unspecified atom stereocenters. The number of hydrogen-bond donors (Lipinski definition) is 4. The SMILES string of the molecule is Cc1ccc(NC(=O)CNCc2ccccc2Cl)cc1S(=O)(=O)N(C)C.O=C(O)C(=O)O. The minimum atomic E-state index is -3.57. The van der Waals surface area contributed by atoms with Gasteiger partial charge < -0.3 is 20.8 Å². The lowest BCUT2D eigenvalue weighted by Crippen LogP contribution is -2.28. The Hall–Kier alpha value is -2.99. The highest BCUT2D eigenvalue weighted by atomic mass is 35.5. The standard InChI is InChI=1S/C18H22ClN3O3S.C2H2O4/c1-13-8-9-15(10-17(13)26(24,25)22(2)3)21-18(23)12-20-11-14-6-4-5-7-16(14)19;3-1(4)2(5)6/h4-10,20H,11-12H2,1-3H3,(H,21,23);(H,3,4)(H,5,6). The number of rotatable bonds is 7. The smallest absolute Gasteiger partial charge is 0.414 e. The average Bonchev–Trinajstić information content (AvgIpc) is 2.71. The molecule has 1 amide bonds. The number of anilines is 1. The number of nitrogens with one attached hydrogen (secondary N) is 2. The summed E-state index contributed by atoms with van der Waals surface area (Å²) in [5.74, 6) is -3.92. The molecule has 0 aliphatic heterocycles. The van der Waals surface area contributed by atoms with Crippen LogP contribution in [0.1, 0.15) is 11.1 Å². The summed E-state index contributed by atoms with van der Waals surface area (Å²) in [5, 5.41) is 21.1. The maximum absolute atomic E-state index is 12.3. The minimum absolute atomic E-state index is 0.0782. The molecule has 0 saturated carbocycles. The van der Waals surface area contributed by atoms with Gasteiger partial charge in [-0.2, -0.15) is 0 Å². The van der Waals surface area contributed by atoms with Gasteiger partial charge in [-0.25, -0.2) is 22.3 Å². The van der Waals surface area contributed by atoms with Crippen LogP contribution in [-0.4, -0.2) is 61.4 Å². The third kappa shape index (κ3) is 8.27. The lowest BCUT2D eigenvalue weighted by atomic mass is 10.2. The van der Waals surface area contributed by atoms with E-state index in [0.29, 0.717) is 22.8 Å². The Morgan fingerprint density at radius 1 is 1.03 bits per heavy atom. The number of halogens is 1. The van der Waals surface area contributed by atoms with Gasteiger partial charge in [-0.05, 0) is 36.2 Å². The van der Waals surface area contributed by atoms with Gasteiger partial charge in [0, 0.05) is 31.4 Å². The van der Waals surface area contributed by atoms with Gasteiger partial charge in [0.1, 0.15) is 0 Å². The molecule has 0 radical (unpaired) electrons. The second-order valence-electron chi connectivity index (χ2n) is 6.62. The molecule has 0 bridgehead atoms. The Bertz CT molecular complexity index is 1080. The molecule has 0 atom stereocenters. The van der Waals surface area contributed by atoms with Gasteiger partial charge in [-0.15, -0.1) is 0 Å². The fourth-order valence-corrected chi connectivity index (χ4v) is 3.66. The summed E-state index contributed by atoms with van der Waals surface area (Å²) in [6.45, 7) is 2.25. The zero-order valence-electron chi connectivity index (χ0n) is 17.6. The summed E-state index contributed by atoms with van der Waals surface area (Å²) < 4.78 is 25.8. The lowest BCUT2D eigenvalue weighted by molar-refractivity contribution is -0.159. The van der Waals surface area contributed by atoms with Crippen LogP contribution >= 0.6 is 11.6 Å². The third-order valence-corrected chi connectivity index (χ3v) is 6.30. The molecule has 0 saturated heterocycles. The molecule has 0 heterocycles. The van der Waals surface area contributed by atoms with Gasteiger partial charge in [-0.3, -0.25) is 4.79 Å². The second kappa shape index (κ2) is 12.2. The van der Waals surface area contributed by atoms with Crippen molar-refractivity contribution in [3.05, 3.63) is 58.6 Å². The van der Waals surface area contributed by atoms with Crippen molar-refractivity contribution in [3.63, 3.8) is 0 Å². The highest BCUT2D eigenvalue weighted by Gasteiger charge is 2.20. The van der Waals surface area contributed by atoms with E-state index >= 15 is 0 Å². The molecule has 2 aromatic carbocycles. The van der Waals surface area contributed by atoms with Crippen LogP contribution in [0.3, 0.4) is 0 Å². The second-order valence-corrected chi connectivity index (χ2v) is 9.15. The van der Waals surface area contributed by atoms with Crippen molar-refractivity contribution in [1.29, 1.82) is 0 Å². The first-order valence-corrected chi connectivity index (χ1v) is 10.9. The van der Waals surface area contributed by atoms with Crippen molar-refractivity contribution in [1.82, 2.24) is 9.62 Å². The van der Waals surface area contributed by atoms with Crippen LogP contribution in [-0.2, 0) is 31.0 Å². The van der Waals surface area contributed by atoms with Crippen molar-refractivity contribution in [2.45, 2.75) is 18.4 Å². The number of carbonyl (C=O) groups is 3. The molecular weight excluding hydrogens is 462 g/mol. The molecule has 10 nitrogen and oxygen atoms in total. The summed E-state index contributed by atoms with van der Waals surface area (Å²) in [4.78, 5) is 30.5. The first-order chi connectivity index (χ1) is 14.9. The van der Waals surface area contributed by atoms with E-state index in [1.807, 2.05) is 18.2 Å². The Kier molecular flexibility index (Phi) is 10.3. The molecule has 2 rings (SSSR count). The quantitative estimate of drug-likeness (QED) is 0.433. The van der Waals surface area contributed by atoms with Crippen molar-refractivity contribution in [2.75, 3.05) is 26.0 Å². The van der Waals surface area contributed by atoms with Crippen LogP contribution in [0.5, 0.6) is 0 Å². The first kappa shape index (κ1) is 27.0. The summed E-state index contributed by atoms with van der Waals surface area (Å²) in [5.41, 5.74) is 1.95. The molecule has 2 aromatic rings. The Balaban J connectivity index is 0.000000751. The summed E-state index contributed by atoms with van der Waals surface area (Å²) in [6.07, 6.45) is 0. The van der Waals surface area contributed by atoms with Gasteiger partial charge in [0.2, 0.25) is 15.9 Å². The number of carboxylic acids is 2. The number of nitrogens with zero attached hydrogens (tertiary/aromatic N) is 1. The van der Waals surface area contributed by atoms with Crippen LogP contribution < -0.4 is 10.6 Å². The minimum Gasteiger partial charge on any atom is -0.473 e. The predicted octanol–water partition coefficient (Wildman–Crippen LogP) is 1.78. The van der Waals surface area contributed by atoms with E-state index in [0.717, 1.165) is 9.87 Å². The number of carboxylic acid groups (broad SMARTS) is 2. The van der Waals surface area contributed by atoms with Crippen molar-refractivity contribution >= 4 is 45.2 Å². The van der Waals surface area contributed by atoms with Crippen molar-refractivity contribution in [2.24, 2.45) is 0 Å². The average molecular weight is 486 g/mol. The zero-order chi connectivity index (χ0) is 24.5. The molecule has 0 aliphatic rings. The van der Waals surface area contributed by atoms with E-state index in [2.05, 4.69) is 10.6 Å². The maximum Gasteiger partial charge on any atom is 0.414 e. The Morgan fingerprint density at radius 2 is 1.62 bits per heavy atom. The lowest BCUT2D eigenvalue weighted by Gasteiger charge is -2.15. The van der Waals surface area contributed by atoms with E-state index in [9.17, 15) is 13.2 Å². The van der Waals surface area contributed by atoms with Gasteiger partial charge in [-0.1, -0.05) is 35.9 Å². The Morgan fingerprint density at radius 3 is 2.16 bits per heavy atom. The van der Waals surface area contributed by atoms with Crippen LogP contribution in [0, 0.1) is 6.92 Å². The molecule has 0 fully saturated rings. The molecular formula is C20H24ClN3O7S. The van der Waals surface area contributed by atoms with E-state index in [1.54, 1.807) is 25.1 Å². The van der Waals surface area contributed by atoms with E-state index in [4.69, 9.17) is 31.4 Å². The maximum atomic E-state index is 12.3. The highest BCUT2D eigenvalue weighted by Crippen LogP contribution is 2.22. The number of sulfonamides is 1. The molecule has 0 spiro atoms.